The zero-order valence-corrected chi connectivity index (χ0v) is 13.8. The van der Waals surface area contributed by atoms with Gasteiger partial charge in [0.15, 0.2) is 0 Å². The minimum absolute atomic E-state index is 0.0628. The maximum absolute atomic E-state index is 11.9. The van der Waals surface area contributed by atoms with E-state index in [1.807, 2.05) is 6.92 Å². The molecule has 1 fully saturated rings. The van der Waals surface area contributed by atoms with E-state index in [1.165, 1.54) is 25.7 Å². The summed E-state index contributed by atoms with van der Waals surface area (Å²) in [5.41, 5.74) is 0.303. The Bertz CT molecular complexity index is 299. The predicted octanol–water partition coefficient (Wildman–Crippen LogP) is 2.33. The maximum Gasteiger partial charge on any atom is 0.234 e. The lowest BCUT2D eigenvalue weighted by Gasteiger charge is -2.41. The first-order valence-electron chi connectivity index (χ1n) is 7.86. The number of ether oxygens (including phenoxy) is 1. The van der Waals surface area contributed by atoms with Crippen molar-refractivity contribution in [3.05, 3.63) is 0 Å². The fraction of sp³-hybridized carbons (Fsp3) is 0.938. The summed E-state index contributed by atoms with van der Waals surface area (Å²) in [6.45, 7) is 9.83. The van der Waals surface area contributed by atoms with E-state index in [9.17, 15) is 4.79 Å². The Balaban J connectivity index is 2.40. The molecule has 0 aromatic rings. The van der Waals surface area contributed by atoms with Crippen LogP contribution in [0.2, 0.25) is 0 Å². The molecule has 1 aliphatic carbocycles. The van der Waals surface area contributed by atoms with Crippen molar-refractivity contribution in [1.82, 2.24) is 10.6 Å². The summed E-state index contributed by atoms with van der Waals surface area (Å²) < 4.78 is 5.03. The molecule has 3 unspecified atom stereocenters. The van der Waals surface area contributed by atoms with Gasteiger partial charge in [0.25, 0.3) is 0 Å². The number of nitrogens with one attached hydrogen (secondary N) is 2. The molecule has 1 rings (SSSR count). The lowest BCUT2D eigenvalue weighted by Crippen LogP contribution is -2.49. The molecule has 20 heavy (non-hydrogen) atoms. The molecule has 0 aromatic heterocycles. The van der Waals surface area contributed by atoms with Gasteiger partial charge in [-0.3, -0.25) is 4.79 Å². The number of amides is 1. The van der Waals surface area contributed by atoms with Crippen LogP contribution in [0.5, 0.6) is 0 Å². The van der Waals surface area contributed by atoms with Gasteiger partial charge >= 0.3 is 0 Å². The first-order valence-corrected chi connectivity index (χ1v) is 7.86. The van der Waals surface area contributed by atoms with Crippen LogP contribution in [0, 0.1) is 11.3 Å². The van der Waals surface area contributed by atoms with Gasteiger partial charge in [-0.05, 0) is 31.1 Å². The van der Waals surface area contributed by atoms with Crippen molar-refractivity contribution >= 4 is 5.91 Å². The Labute approximate surface area is 124 Å². The highest BCUT2D eigenvalue weighted by Crippen LogP contribution is 2.37. The third-order valence-electron chi connectivity index (χ3n) is 4.23. The summed E-state index contributed by atoms with van der Waals surface area (Å²) in [5.74, 6) is 0.716. The molecule has 0 spiro atoms. The minimum Gasteiger partial charge on any atom is -0.383 e. The quantitative estimate of drug-likeness (QED) is 0.787. The topological polar surface area (TPSA) is 50.4 Å². The molecule has 3 atom stereocenters. The van der Waals surface area contributed by atoms with Gasteiger partial charge in [-0.15, -0.1) is 0 Å². The fourth-order valence-electron chi connectivity index (χ4n) is 3.25. The summed E-state index contributed by atoms with van der Waals surface area (Å²) in [4.78, 5) is 11.9. The molecule has 0 aromatic carbocycles. The number of methoxy groups -OCH3 is 1. The lowest BCUT2D eigenvalue weighted by atomic mass is 9.69. The second-order valence-corrected chi connectivity index (χ2v) is 7.17. The smallest absolute Gasteiger partial charge is 0.234 e. The van der Waals surface area contributed by atoms with E-state index >= 15 is 0 Å². The van der Waals surface area contributed by atoms with Crippen LogP contribution in [0.25, 0.3) is 0 Å². The second-order valence-electron chi connectivity index (χ2n) is 7.17. The molecule has 0 aliphatic heterocycles. The van der Waals surface area contributed by atoms with Gasteiger partial charge in [0.2, 0.25) is 5.91 Å². The number of hydrogen-bond acceptors (Lipinski definition) is 3. The standard InChI is InChI=1S/C16H32N2O2/c1-12(11-20-5)18-15(19)10-17-14-9-7-6-8-13(14)16(2,3)4/h12-14,17H,6-11H2,1-5H3,(H,18,19). The van der Waals surface area contributed by atoms with Crippen molar-refractivity contribution < 1.29 is 9.53 Å². The van der Waals surface area contributed by atoms with Crippen molar-refractivity contribution in [3.63, 3.8) is 0 Å². The van der Waals surface area contributed by atoms with Crippen molar-refractivity contribution in [2.75, 3.05) is 20.3 Å². The molecule has 2 N–H and O–H groups in total. The molecule has 1 saturated carbocycles. The zero-order valence-electron chi connectivity index (χ0n) is 13.8. The third kappa shape index (κ3) is 5.80. The average Bonchev–Trinajstić information content (AvgIpc) is 2.36. The van der Waals surface area contributed by atoms with Crippen LogP contribution in [-0.2, 0) is 9.53 Å². The predicted molar refractivity (Wildman–Crippen MR) is 82.7 cm³/mol. The van der Waals surface area contributed by atoms with Gasteiger partial charge in [-0.1, -0.05) is 33.6 Å². The Morgan fingerprint density at radius 2 is 1.95 bits per heavy atom. The van der Waals surface area contributed by atoms with E-state index in [2.05, 4.69) is 31.4 Å². The van der Waals surface area contributed by atoms with Crippen molar-refractivity contribution in [2.24, 2.45) is 11.3 Å². The van der Waals surface area contributed by atoms with E-state index in [0.717, 1.165) is 0 Å². The highest BCUT2D eigenvalue weighted by Gasteiger charge is 2.33. The van der Waals surface area contributed by atoms with Crippen LogP contribution in [0.1, 0.15) is 53.4 Å². The van der Waals surface area contributed by atoms with E-state index in [-0.39, 0.29) is 11.9 Å². The average molecular weight is 284 g/mol. The van der Waals surface area contributed by atoms with Gasteiger partial charge < -0.3 is 15.4 Å². The summed E-state index contributed by atoms with van der Waals surface area (Å²) in [6.07, 6.45) is 5.04. The molecule has 0 radical (unpaired) electrons. The number of carbonyl (C=O) groups excluding carboxylic acids is 1. The highest BCUT2D eigenvalue weighted by atomic mass is 16.5. The molecule has 0 heterocycles. The maximum atomic E-state index is 11.9. The zero-order chi connectivity index (χ0) is 15.2. The lowest BCUT2D eigenvalue weighted by molar-refractivity contribution is -0.121. The number of rotatable bonds is 6. The molecule has 1 amide bonds. The van der Waals surface area contributed by atoms with E-state index < -0.39 is 0 Å². The van der Waals surface area contributed by atoms with Crippen molar-refractivity contribution in [1.29, 1.82) is 0 Å². The van der Waals surface area contributed by atoms with E-state index in [0.29, 0.717) is 30.5 Å². The first-order chi connectivity index (χ1) is 9.34. The summed E-state index contributed by atoms with van der Waals surface area (Å²) in [5, 5.41) is 6.42. The number of hydrogen-bond donors (Lipinski definition) is 2. The Morgan fingerprint density at radius 1 is 1.30 bits per heavy atom. The van der Waals surface area contributed by atoms with Crippen LogP contribution in [0.3, 0.4) is 0 Å². The molecule has 0 bridgehead atoms. The van der Waals surface area contributed by atoms with Crippen molar-refractivity contribution in [3.8, 4) is 0 Å². The second kappa shape index (κ2) is 7.99. The summed E-state index contributed by atoms with van der Waals surface area (Å²) in [7, 11) is 1.65. The number of carbonyl (C=O) groups is 1. The molecule has 0 saturated heterocycles. The van der Waals surface area contributed by atoms with Gasteiger partial charge in [-0.25, -0.2) is 0 Å². The van der Waals surface area contributed by atoms with Gasteiger partial charge in [0, 0.05) is 19.2 Å². The van der Waals surface area contributed by atoms with Crippen LogP contribution >= 0.6 is 0 Å². The molecule has 118 valence electrons. The minimum atomic E-state index is 0.0628. The Kier molecular flexibility index (Phi) is 6.96. The monoisotopic (exact) mass is 284 g/mol. The molecule has 4 nitrogen and oxygen atoms in total. The Morgan fingerprint density at radius 3 is 2.55 bits per heavy atom. The Hall–Kier alpha value is -0.610. The normalized spacial score (nSPS) is 25.2. The molecule has 1 aliphatic rings. The van der Waals surface area contributed by atoms with Crippen molar-refractivity contribution in [2.45, 2.75) is 65.5 Å². The summed E-state index contributed by atoms with van der Waals surface area (Å²) >= 11 is 0. The van der Waals surface area contributed by atoms with Crippen LogP contribution < -0.4 is 10.6 Å². The molecule has 4 heteroatoms. The first kappa shape index (κ1) is 17.4. The molecular weight excluding hydrogens is 252 g/mol. The largest absolute Gasteiger partial charge is 0.383 e. The van der Waals surface area contributed by atoms with Crippen LogP contribution in [-0.4, -0.2) is 38.3 Å². The third-order valence-corrected chi connectivity index (χ3v) is 4.23. The van der Waals surface area contributed by atoms with Gasteiger partial charge in [-0.2, -0.15) is 0 Å². The fourth-order valence-corrected chi connectivity index (χ4v) is 3.25. The van der Waals surface area contributed by atoms with Crippen LogP contribution in [0.15, 0.2) is 0 Å². The van der Waals surface area contributed by atoms with E-state index in [1.54, 1.807) is 7.11 Å². The SMILES string of the molecule is COCC(C)NC(=O)CNC1CCCCC1C(C)(C)C. The van der Waals surface area contributed by atoms with Gasteiger partial charge in [0.1, 0.15) is 0 Å². The summed E-state index contributed by atoms with van der Waals surface area (Å²) in [6, 6.07) is 0.534. The van der Waals surface area contributed by atoms with Crippen LogP contribution in [0.4, 0.5) is 0 Å². The van der Waals surface area contributed by atoms with Gasteiger partial charge in [0.05, 0.1) is 13.2 Å². The molecular formula is C16H32N2O2. The van der Waals surface area contributed by atoms with E-state index in [4.69, 9.17) is 4.74 Å². The highest BCUT2D eigenvalue weighted by molar-refractivity contribution is 5.78.